The second kappa shape index (κ2) is 9.38. The Bertz CT molecular complexity index is 1090. The molecule has 4 rings (SSSR count). The van der Waals surface area contributed by atoms with Crippen molar-refractivity contribution < 1.29 is 14.3 Å². The summed E-state index contributed by atoms with van der Waals surface area (Å²) in [7, 11) is 0. The molecule has 2 aromatic heterocycles. The van der Waals surface area contributed by atoms with Crippen molar-refractivity contribution in [1.29, 1.82) is 0 Å². The summed E-state index contributed by atoms with van der Waals surface area (Å²) in [5.41, 5.74) is 3.08. The highest BCUT2D eigenvalue weighted by Crippen LogP contribution is 2.32. The monoisotopic (exact) mass is 457 g/mol. The van der Waals surface area contributed by atoms with Crippen LogP contribution in [0.5, 0.6) is 0 Å². The highest BCUT2D eigenvalue weighted by Gasteiger charge is 2.27. The molecule has 0 unspecified atom stereocenters. The van der Waals surface area contributed by atoms with Gasteiger partial charge in [-0.2, -0.15) is 0 Å². The molecular formula is C23H28FN5O2S. The molecule has 1 saturated carbocycles. The Morgan fingerprint density at radius 1 is 1.31 bits per heavy atom. The number of pyridine rings is 1. The van der Waals surface area contributed by atoms with Crippen molar-refractivity contribution >= 4 is 44.7 Å². The zero-order valence-electron chi connectivity index (χ0n) is 18.2. The van der Waals surface area contributed by atoms with Gasteiger partial charge in [0.25, 0.3) is 5.91 Å². The van der Waals surface area contributed by atoms with Gasteiger partial charge in [0.1, 0.15) is 12.0 Å². The molecule has 0 spiro atoms. The number of carbonyl (C=O) groups is 1. The topological polar surface area (TPSA) is 99.2 Å². The first kappa shape index (κ1) is 22.4. The first-order valence-corrected chi connectivity index (χ1v) is 11.7. The highest BCUT2D eigenvalue weighted by molar-refractivity contribution is 7.16. The lowest BCUT2D eigenvalue weighted by Crippen LogP contribution is -2.42. The van der Waals surface area contributed by atoms with Gasteiger partial charge >= 0.3 is 0 Å². The number of aliphatic hydroxyl groups is 1. The van der Waals surface area contributed by atoms with Crippen LogP contribution in [0.15, 0.2) is 36.0 Å². The summed E-state index contributed by atoms with van der Waals surface area (Å²) >= 11 is 1.57. The summed E-state index contributed by atoms with van der Waals surface area (Å²) in [4.78, 5) is 21.4. The Labute approximate surface area is 190 Å². The molecule has 32 heavy (non-hydrogen) atoms. The lowest BCUT2D eigenvalue weighted by molar-refractivity contribution is -0.00177. The number of carbonyl (C=O) groups excluding carboxylic acids is 1. The van der Waals surface area contributed by atoms with Crippen LogP contribution in [0.4, 0.5) is 21.6 Å². The maximum absolute atomic E-state index is 14.1. The van der Waals surface area contributed by atoms with Gasteiger partial charge in [0, 0.05) is 24.5 Å². The predicted molar refractivity (Wildman–Crippen MR) is 126 cm³/mol. The maximum atomic E-state index is 14.1. The Hall–Kier alpha value is -2.78. The van der Waals surface area contributed by atoms with E-state index in [2.05, 4.69) is 25.9 Å². The molecule has 1 amide bonds. The van der Waals surface area contributed by atoms with Crippen LogP contribution in [-0.4, -0.2) is 45.8 Å². The van der Waals surface area contributed by atoms with Gasteiger partial charge in [0.05, 0.1) is 39.1 Å². The average molecular weight is 458 g/mol. The van der Waals surface area contributed by atoms with Gasteiger partial charge in [-0.05, 0) is 44.4 Å². The third-order valence-corrected chi connectivity index (χ3v) is 6.32. The van der Waals surface area contributed by atoms with Crippen molar-refractivity contribution in [1.82, 2.24) is 15.3 Å². The first-order chi connectivity index (χ1) is 15.3. The van der Waals surface area contributed by atoms with Gasteiger partial charge in [-0.1, -0.05) is 12.8 Å². The van der Waals surface area contributed by atoms with E-state index in [1.165, 1.54) is 32.9 Å². The number of aromatic nitrogens is 2. The minimum absolute atomic E-state index is 0.279. The third-order valence-electron chi connectivity index (χ3n) is 5.53. The summed E-state index contributed by atoms with van der Waals surface area (Å²) in [5, 5.41) is 18.9. The van der Waals surface area contributed by atoms with Gasteiger partial charge in [-0.15, -0.1) is 11.3 Å². The summed E-state index contributed by atoms with van der Waals surface area (Å²) in [6, 6.07) is 7.68. The number of alkyl halides is 1. The van der Waals surface area contributed by atoms with Crippen LogP contribution < -0.4 is 16.0 Å². The van der Waals surface area contributed by atoms with E-state index in [1.54, 1.807) is 17.4 Å². The Balaban J connectivity index is 1.49. The van der Waals surface area contributed by atoms with Gasteiger partial charge in [0.2, 0.25) is 0 Å². The lowest BCUT2D eigenvalue weighted by Gasteiger charge is -2.22. The van der Waals surface area contributed by atoms with Crippen LogP contribution in [0.25, 0.3) is 10.2 Å². The van der Waals surface area contributed by atoms with E-state index < -0.39 is 17.7 Å². The van der Waals surface area contributed by atoms with Crippen molar-refractivity contribution in [2.24, 2.45) is 5.92 Å². The van der Waals surface area contributed by atoms with Crippen LogP contribution in [0.2, 0.25) is 0 Å². The second-order valence-electron chi connectivity index (χ2n) is 8.77. The van der Waals surface area contributed by atoms with E-state index >= 15 is 0 Å². The number of thiazole rings is 1. The van der Waals surface area contributed by atoms with Crippen molar-refractivity contribution in [3.05, 3.63) is 41.5 Å². The number of amides is 1. The quantitative estimate of drug-likeness (QED) is 0.358. The third kappa shape index (κ3) is 5.72. The highest BCUT2D eigenvalue weighted by atomic mass is 32.1. The summed E-state index contributed by atoms with van der Waals surface area (Å²) < 4.78 is 15.1. The number of anilines is 3. The van der Waals surface area contributed by atoms with Crippen LogP contribution in [0, 0.1) is 5.92 Å². The van der Waals surface area contributed by atoms with Gasteiger partial charge in [-0.25, -0.2) is 14.4 Å². The number of benzene rings is 1. The summed E-state index contributed by atoms with van der Waals surface area (Å²) in [6.45, 7) is 3.22. The molecule has 1 aliphatic carbocycles. The van der Waals surface area contributed by atoms with Gasteiger partial charge < -0.3 is 21.1 Å². The molecule has 9 heteroatoms. The van der Waals surface area contributed by atoms with Crippen LogP contribution >= 0.6 is 11.3 Å². The minimum atomic E-state index is -1.58. The summed E-state index contributed by atoms with van der Waals surface area (Å²) in [5.74, 6) is 0.916. The van der Waals surface area contributed by atoms with Crippen LogP contribution in [-0.2, 0) is 0 Å². The largest absolute Gasteiger partial charge is 0.387 e. The fraction of sp³-hybridized carbons (Fsp3) is 0.435. The Morgan fingerprint density at radius 3 is 2.88 bits per heavy atom. The number of hydrogen-bond donors (Lipinski definition) is 4. The van der Waals surface area contributed by atoms with E-state index in [9.17, 15) is 14.3 Å². The Kier molecular flexibility index (Phi) is 6.57. The van der Waals surface area contributed by atoms with E-state index in [0.29, 0.717) is 17.1 Å². The Morgan fingerprint density at radius 2 is 2.12 bits per heavy atom. The van der Waals surface area contributed by atoms with Crippen LogP contribution in [0.3, 0.4) is 0 Å². The van der Waals surface area contributed by atoms with Crippen molar-refractivity contribution in [2.75, 3.05) is 23.7 Å². The number of nitrogens with zero attached hydrogens (tertiary/aromatic N) is 2. The summed E-state index contributed by atoms with van der Waals surface area (Å²) in [6.07, 6.45) is 3.47. The number of fused-ring (bicyclic) bond motifs is 1. The molecule has 0 saturated heterocycles. The molecule has 1 fully saturated rings. The van der Waals surface area contributed by atoms with E-state index in [0.717, 1.165) is 34.8 Å². The van der Waals surface area contributed by atoms with Crippen molar-refractivity contribution in [3.63, 3.8) is 0 Å². The molecule has 0 bridgehead atoms. The molecule has 0 radical (unpaired) electrons. The van der Waals surface area contributed by atoms with E-state index in [-0.39, 0.29) is 6.54 Å². The molecule has 1 aliphatic rings. The standard InChI is InChI=1S/C23H28FN5O2S/c1-23(2,31)20(24)12-27-22(30)16-11-26-21(10-18(16)25-8-7-14-3-4-14)29-15-5-6-17-19(9-15)32-13-28-17/h5-6,9-11,13-14,20,31H,3-4,7-8,12H2,1-2H3,(H,27,30)(H2,25,26,29)/t20-/m1/s1. The van der Waals surface area contributed by atoms with Gasteiger partial charge in [0.15, 0.2) is 0 Å². The minimum Gasteiger partial charge on any atom is -0.387 e. The van der Waals surface area contributed by atoms with Crippen LogP contribution in [0.1, 0.15) is 43.5 Å². The fourth-order valence-electron chi connectivity index (χ4n) is 3.28. The molecular weight excluding hydrogens is 429 g/mol. The molecule has 2 heterocycles. The number of halogens is 1. The molecule has 3 aromatic rings. The number of rotatable bonds is 10. The average Bonchev–Trinajstić information content (AvgIpc) is 3.45. The zero-order chi connectivity index (χ0) is 22.7. The van der Waals surface area contributed by atoms with E-state index in [1.807, 2.05) is 23.7 Å². The molecule has 7 nitrogen and oxygen atoms in total. The van der Waals surface area contributed by atoms with Gasteiger partial charge in [-0.3, -0.25) is 4.79 Å². The molecule has 4 N–H and O–H groups in total. The normalized spacial score (nSPS) is 14.9. The van der Waals surface area contributed by atoms with Crippen molar-refractivity contribution in [2.45, 2.75) is 44.9 Å². The number of hydrogen-bond acceptors (Lipinski definition) is 7. The zero-order valence-corrected chi connectivity index (χ0v) is 19.0. The number of nitrogens with one attached hydrogen (secondary N) is 3. The SMILES string of the molecule is CC(C)(O)[C@H](F)CNC(=O)c1cnc(Nc2ccc3ncsc3c2)cc1NCCC1CC1. The lowest BCUT2D eigenvalue weighted by atomic mass is 10.0. The predicted octanol–water partition coefficient (Wildman–Crippen LogP) is 4.49. The first-order valence-electron chi connectivity index (χ1n) is 10.8. The molecule has 1 aromatic carbocycles. The smallest absolute Gasteiger partial charge is 0.255 e. The molecule has 1 atom stereocenters. The fourth-order valence-corrected chi connectivity index (χ4v) is 3.99. The van der Waals surface area contributed by atoms with E-state index in [4.69, 9.17) is 0 Å². The second-order valence-corrected chi connectivity index (χ2v) is 9.65. The van der Waals surface area contributed by atoms with Crippen molar-refractivity contribution in [3.8, 4) is 0 Å². The molecule has 170 valence electrons. The molecule has 0 aliphatic heterocycles. The maximum Gasteiger partial charge on any atom is 0.255 e.